The van der Waals surface area contributed by atoms with E-state index in [1.807, 2.05) is 38.1 Å². The van der Waals surface area contributed by atoms with E-state index in [9.17, 15) is 18.0 Å². The molecule has 0 radical (unpaired) electrons. The molecule has 0 saturated carbocycles. The smallest absolute Gasteiger partial charge is 0.416 e. The molecule has 1 saturated heterocycles. The molecule has 0 bridgehead atoms. The molecule has 2 N–H and O–H groups in total. The first-order valence-corrected chi connectivity index (χ1v) is 15.5. The zero-order chi connectivity index (χ0) is 32.6. The van der Waals surface area contributed by atoms with Gasteiger partial charge in [-0.05, 0) is 55.3 Å². The SMILES string of the molecule is C=C(CNC1CCN(C(=O)N(C(=C)c2ccc(C(F)(F)F)cc2OC)C(CC)C(C)c2ccc(P)cc2)CC1)NC(C)OC. The third-order valence-electron chi connectivity index (χ3n) is 8.26. The fourth-order valence-corrected chi connectivity index (χ4v) is 5.76. The molecule has 2 aromatic carbocycles. The molecule has 3 rings (SSSR count). The highest BCUT2D eigenvalue weighted by Crippen LogP contribution is 2.38. The summed E-state index contributed by atoms with van der Waals surface area (Å²) in [5.74, 6) is -0.0732. The lowest BCUT2D eigenvalue weighted by Crippen LogP contribution is -2.52. The Labute approximate surface area is 262 Å². The first-order chi connectivity index (χ1) is 20.8. The predicted molar refractivity (Wildman–Crippen MR) is 174 cm³/mol. The summed E-state index contributed by atoms with van der Waals surface area (Å²) in [4.78, 5) is 17.8. The number of nitrogens with zero attached hydrogens (tertiary/aromatic N) is 2. The van der Waals surface area contributed by atoms with Crippen molar-refractivity contribution >= 4 is 26.3 Å². The summed E-state index contributed by atoms with van der Waals surface area (Å²) in [7, 11) is 5.61. The van der Waals surface area contributed by atoms with Crippen LogP contribution in [0.1, 0.15) is 62.6 Å². The maximum absolute atomic E-state index is 14.4. The number of alkyl halides is 3. The van der Waals surface area contributed by atoms with Crippen LogP contribution in [0.5, 0.6) is 5.75 Å². The number of rotatable bonds is 13. The number of urea groups is 1. The predicted octanol–water partition coefficient (Wildman–Crippen LogP) is 6.34. The van der Waals surface area contributed by atoms with Crippen LogP contribution >= 0.6 is 9.24 Å². The fraction of sp³-hybridized carbons (Fsp3) is 0.485. The Kier molecular flexibility index (Phi) is 12.7. The van der Waals surface area contributed by atoms with Crippen LogP contribution in [0, 0.1) is 0 Å². The van der Waals surface area contributed by atoms with Gasteiger partial charge in [-0.3, -0.25) is 4.90 Å². The van der Waals surface area contributed by atoms with Gasteiger partial charge in [-0.15, -0.1) is 9.24 Å². The van der Waals surface area contributed by atoms with E-state index < -0.39 is 11.7 Å². The molecule has 4 unspecified atom stereocenters. The van der Waals surface area contributed by atoms with Crippen LogP contribution in [-0.2, 0) is 10.9 Å². The lowest BCUT2D eigenvalue weighted by molar-refractivity contribution is -0.137. The van der Waals surface area contributed by atoms with E-state index in [1.165, 1.54) is 13.2 Å². The minimum atomic E-state index is -4.53. The van der Waals surface area contributed by atoms with Gasteiger partial charge in [0.1, 0.15) is 12.0 Å². The molecule has 11 heteroatoms. The number of methoxy groups -OCH3 is 2. The molecule has 1 aliphatic rings. The minimum Gasteiger partial charge on any atom is -0.496 e. The largest absolute Gasteiger partial charge is 0.496 e. The highest BCUT2D eigenvalue weighted by molar-refractivity contribution is 7.27. The second-order valence-corrected chi connectivity index (χ2v) is 11.9. The Balaban J connectivity index is 1.88. The average Bonchev–Trinajstić information content (AvgIpc) is 3.01. The van der Waals surface area contributed by atoms with E-state index in [4.69, 9.17) is 9.47 Å². The second-order valence-electron chi connectivity index (χ2n) is 11.2. The number of hydrogen-bond donors (Lipinski definition) is 2. The molecule has 1 heterocycles. The number of halogens is 3. The summed E-state index contributed by atoms with van der Waals surface area (Å²) in [6.07, 6.45) is -2.59. The van der Waals surface area contributed by atoms with Gasteiger partial charge in [0.05, 0.1) is 12.7 Å². The molecule has 2 aromatic rings. The standard InChI is InChI=1S/C33H46F3N4O3P/c1-8-30(22(3)25-9-12-28(44)13-10-25)40(23(4)29-14-11-26(33(34,35)36)19-31(29)43-7)32(41)39-17-15-27(16-18-39)37-20-21(2)38-24(5)42-6/h9-14,19,22,24,27,30,37-38H,2,4,8,15-18,20,44H2,1,3,5-7H3. The van der Waals surface area contributed by atoms with Crippen LogP contribution in [0.3, 0.4) is 0 Å². The Morgan fingerprint density at radius 2 is 1.75 bits per heavy atom. The van der Waals surface area contributed by atoms with Crippen molar-refractivity contribution in [2.75, 3.05) is 33.9 Å². The summed E-state index contributed by atoms with van der Waals surface area (Å²) in [5.41, 5.74) is 1.68. The molecule has 0 aliphatic carbocycles. The number of ether oxygens (including phenoxy) is 2. The normalized spacial score (nSPS) is 16.2. The molecule has 4 atom stereocenters. The molecule has 1 aliphatic heterocycles. The Hall–Kier alpha value is -3.07. The van der Waals surface area contributed by atoms with E-state index in [2.05, 4.69) is 40.0 Å². The second kappa shape index (κ2) is 15.8. The van der Waals surface area contributed by atoms with E-state index in [0.29, 0.717) is 37.3 Å². The van der Waals surface area contributed by atoms with Crippen LogP contribution in [0.2, 0.25) is 0 Å². The Morgan fingerprint density at radius 3 is 2.30 bits per heavy atom. The van der Waals surface area contributed by atoms with Gasteiger partial charge >= 0.3 is 12.2 Å². The third kappa shape index (κ3) is 8.99. The molecule has 44 heavy (non-hydrogen) atoms. The van der Waals surface area contributed by atoms with Gasteiger partial charge in [0.15, 0.2) is 0 Å². The van der Waals surface area contributed by atoms with E-state index >= 15 is 0 Å². The quantitative estimate of drug-likeness (QED) is 0.199. The van der Waals surface area contributed by atoms with Gasteiger partial charge in [0.2, 0.25) is 0 Å². The molecule has 0 spiro atoms. The van der Waals surface area contributed by atoms with Crippen molar-refractivity contribution < 1.29 is 27.4 Å². The van der Waals surface area contributed by atoms with Crippen molar-refractivity contribution in [1.82, 2.24) is 20.4 Å². The molecule has 242 valence electrons. The van der Waals surface area contributed by atoms with E-state index in [1.54, 1.807) is 16.9 Å². The summed E-state index contributed by atoms with van der Waals surface area (Å²) in [6, 6.07) is 11.0. The number of amides is 2. The topological polar surface area (TPSA) is 66.1 Å². The van der Waals surface area contributed by atoms with Gasteiger partial charge in [0, 0.05) is 61.7 Å². The fourth-order valence-electron chi connectivity index (χ4n) is 5.57. The average molecular weight is 635 g/mol. The van der Waals surface area contributed by atoms with Crippen molar-refractivity contribution in [2.24, 2.45) is 0 Å². The van der Waals surface area contributed by atoms with Crippen molar-refractivity contribution in [3.05, 3.63) is 78.0 Å². The van der Waals surface area contributed by atoms with E-state index in [-0.39, 0.29) is 36.0 Å². The number of likely N-dealkylation sites (tertiary alicyclic amines) is 1. The van der Waals surface area contributed by atoms with Crippen molar-refractivity contribution in [1.29, 1.82) is 0 Å². The highest BCUT2D eigenvalue weighted by Gasteiger charge is 2.37. The van der Waals surface area contributed by atoms with Gasteiger partial charge in [-0.1, -0.05) is 51.3 Å². The summed E-state index contributed by atoms with van der Waals surface area (Å²) < 4.78 is 51.1. The monoisotopic (exact) mass is 634 g/mol. The van der Waals surface area contributed by atoms with Crippen LogP contribution in [-0.4, -0.2) is 68.0 Å². The highest BCUT2D eigenvalue weighted by atomic mass is 31.0. The zero-order valence-electron chi connectivity index (χ0n) is 26.3. The van der Waals surface area contributed by atoms with Crippen LogP contribution in [0.15, 0.2) is 61.3 Å². The lowest BCUT2D eigenvalue weighted by atomic mass is 9.89. The number of nitrogens with one attached hydrogen (secondary N) is 2. The van der Waals surface area contributed by atoms with Crippen molar-refractivity contribution in [2.45, 2.75) is 70.4 Å². The van der Waals surface area contributed by atoms with Crippen molar-refractivity contribution in [3.63, 3.8) is 0 Å². The molecule has 0 aromatic heterocycles. The number of carbonyl (C=O) groups excluding carboxylic acids is 1. The first-order valence-electron chi connectivity index (χ1n) is 14.9. The van der Waals surface area contributed by atoms with Gasteiger partial charge in [0.25, 0.3) is 0 Å². The molecule has 7 nitrogen and oxygen atoms in total. The number of benzene rings is 2. The van der Waals surface area contributed by atoms with Gasteiger partial charge in [-0.25, -0.2) is 4.79 Å². The number of hydrogen-bond acceptors (Lipinski definition) is 5. The van der Waals surface area contributed by atoms with Crippen molar-refractivity contribution in [3.8, 4) is 5.75 Å². The third-order valence-corrected chi connectivity index (χ3v) is 8.64. The summed E-state index contributed by atoms with van der Waals surface area (Å²) >= 11 is 0. The van der Waals surface area contributed by atoms with Gasteiger partial charge < -0.3 is 25.0 Å². The van der Waals surface area contributed by atoms with Crippen LogP contribution in [0.25, 0.3) is 5.70 Å². The van der Waals surface area contributed by atoms with Crippen LogP contribution < -0.4 is 20.7 Å². The molecular weight excluding hydrogens is 588 g/mol. The Morgan fingerprint density at radius 1 is 1.11 bits per heavy atom. The summed E-state index contributed by atoms with van der Waals surface area (Å²) in [5, 5.41) is 7.72. The lowest BCUT2D eigenvalue weighted by Gasteiger charge is -2.42. The van der Waals surface area contributed by atoms with Gasteiger partial charge in [-0.2, -0.15) is 13.2 Å². The number of carbonyl (C=O) groups is 1. The first kappa shape index (κ1) is 35.4. The maximum atomic E-state index is 14.4. The minimum absolute atomic E-state index is 0.0111. The molecule has 2 amide bonds. The zero-order valence-corrected chi connectivity index (χ0v) is 27.5. The Bertz CT molecular complexity index is 1280. The van der Waals surface area contributed by atoms with E-state index in [0.717, 1.165) is 41.5 Å². The molecule has 1 fully saturated rings. The number of piperidine rings is 1. The maximum Gasteiger partial charge on any atom is 0.416 e. The summed E-state index contributed by atoms with van der Waals surface area (Å²) in [6.45, 7) is 15.9. The van der Waals surface area contributed by atoms with Crippen LogP contribution in [0.4, 0.5) is 18.0 Å². The molecular formula is C33H46F3N4O3P.